The van der Waals surface area contributed by atoms with E-state index in [2.05, 4.69) is 12.5 Å². The normalized spacial score (nSPS) is 21.0. The van der Waals surface area contributed by atoms with E-state index in [4.69, 9.17) is 4.74 Å². The first-order chi connectivity index (χ1) is 5.38. The second kappa shape index (κ2) is 5.33. The van der Waals surface area contributed by atoms with E-state index in [0.29, 0.717) is 0 Å². The quantitative estimate of drug-likeness (QED) is 0.636. The minimum Gasteiger partial charge on any atom is -0.381 e. The van der Waals surface area contributed by atoms with Crippen molar-refractivity contribution >= 4 is 23.5 Å². The molecule has 1 nitrogen and oxygen atoms in total. The Kier molecular flexibility index (Phi) is 4.72. The molecule has 1 heterocycles. The van der Waals surface area contributed by atoms with Crippen LogP contribution >= 0.6 is 23.5 Å². The van der Waals surface area contributed by atoms with Crippen LogP contribution in [0.5, 0.6) is 0 Å². The van der Waals surface area contributed by atoms with E-state index in [1.807, 2.05) is 23.5 Å². The Morgan fingerprint density at radius 2 is 1.73 bits per heavy atom. The average molecular weight is 192 g/mol. The zero-order valence-electron chi connectivity index (χ0n) is 7.21. The molecule has 3 heteroatoms. The molecule has 0 aromatic rings. The van der Waals surface area contributed by atoms with Gasteiger partial charge in [-0.2, -0.15) is 23.5 Å². The van der Waals surface area contributed by atoms with Crippen molar-refractivity contribution < 1.29 is 4.74 Å². The van der Waals surface area contributed by atoms with Gasteiger partial charge in [-0.25, -0.2) is 0 Å². The second-order valence-electron chi connectivity index (χ2n) is 2.79. The van der Waals surface area contributed by atoms with Crippen molar-refractivity contribution in [2.75, 3.05) is 25.7 Å². The molecule has 0 radical (unpaired) electrons. The summed E-state index contributed by atoms with van der Waals surface area (Å²) in [6.45, 7) is 1.95. The van der Waals surface area contributed by atoms with Gasteiger partial charge >= 0.3 is 0 Å². The third-order valence-electron chi connectivity index (χ3n) is 2.12. The highest BCUT2D eigenvalue weighted by molar-refractivity contribution is 8.16. The fourth-order valence-corrected chi connectivity index (χ4v) is 3.55. The van der Waals surface area contributed by atoms with Gasteiger partial charge in [-0.3, -0.25) is 0 Å². The Bertz CT molecular complexity index is 98.3. The van der Waals surface area contributed by atoms with Crippen molar-refractivity contribution in [1.82, 2.24) is 0 Å². The maximum Gasteiger partial charge on any atom is 0.0526 e. The van der Waals surface area contributed by atoms with Crippen LogP contribution in [0.2, 0.25) is 0 Å². The number of hydrogen-bond acceptors (Lipinski definition) is 3. The van der Waals surface area contributed by atoms with Gasteiger partial charge in [0.05, 0.1) is 4.58 Å². The molecule has 1 rings (SSSR count). The number of hydrogen-bond donors (Lipinski definition) is 0. The van der Waals surface area contributed by atoms with Crippen LogP contribution in [0.25, 0.3) is 0 Å². The van der Waals surface area contributed by atoms with Crippen LogP contribution < -0.4 is 0 Å². The van der Waals surface area contributed by atoms with E-state index in [0.717, 1.165) is 23.7 Å². The molecular weight excluding hydrogens is 176 g/mol. The van der Waals surface area contributed by atoms with E-state index in [1.54, 1.807) is 0 Å². The third kappa shape index (κ3) is 2.88. The summed E-state index contributed by atoms with van der Waals surface area (Å²) in [5.41, 5.74) is 0. The molecule has 0 aromatic carbocycles. The number of rotatable bonds is 3. The van der Waals surface area contributed by atoms with Gasteiger partial charge in [0.25, 0.3) is 0 Å². The van der Waals surface area contributed by atoms with Gasteiger partial charge in [0, 0.05) is 13.2 Å². The van der Waals surface area contributed by atoms with Gasteiger partial charge in [-0.05, 0) is 31.3 Å². The molecule has 1 saturated heterocycles. The van der Waals surface area contributed by atoms with Crippen LogP contribution in [-0.4, -0.2) is 30.3 Å². The molecule has 0 aromatic heterocycles. The molecule has 0 bridgehead atoms. The van der Waals surface area contributed by atoms with Crippen molar-refractivity contribution in [1.29, 1.82) is 0 Å². The summed E-state index contributed by atoms with van der Waals surface area (Å²) in [5.74, 6) is 0.883. The lowest BCUT2D eigenvalue weighted by Crippen LogP contribution is -2.22. The SMILES string of the molecule is CSC(SC)C1CCOCC1. The molecule has 1 aliphatic rings. The predicted octanol–water partition coefficient (Wildman–Crippen LogP) is 2.47. The fourth-order valence-electron chi connectivity index (χ4n) is 1.47. The Morgan fingerprint density at radius 1 is 1.18 bits per heavy atom. The summed E-state index contributed by atoms with van der Waals surface area (Å²) in [7, 11) is 0. The first-order valence-corrected chi connectivity index (χ1v) is 6.59. The standard InChI is InChI=1S/C8H16OS2/c1-10-8(11-2)7-3-5-9-6-4-7/h7-8H,3-6H2,1-2H3. The molecule has 66 valence electrons. The van der Waals surface area contributed by atoms with E-state index < -0.39 is 0 Å². The van der Waals surface area contributed by atoms with E-state index in [-0.39, 0.29) is 0 Å². The molecule has 0 atom stereocenters. The summed E-state index contributed by atoms with van der Waals surface area (Å²) in [5, 5.41) is 0. The van der Waals surface area contributed by atoms with E-state index in [9.17, 15) is 0 Å². The molecule has 11 heavy (non-hydrogen) atoms. The van der Waals surface area contributed by atoms with Crippen LogP contribution in [0.3, 0.4) is 0 Å². The van der Waals surface area contributed by atoms with Crippen molar-refractivity contribution in [3.8, 4) is 0 Å². The number of ether oxygens (including phenoxy) is 1. The van der Waals surface area contributed by atoms with Crippen LogP contribution in [0.4, 0.5) is 0 Å². The Hall–Kier alpha value is 0.660. The monoisotopic (exact) mass is 192 g/mol. The van der Waals surface area contributed by atoms with Crippen LogP contribution in [0.1, 0.15) is 12.8 Å². The largest absolute Gasteiger partial charge is 0.381 e. The van der Waals surface area contributed by atoms with Crippen molar-refractivity contribution in [2.45, 2.75) is 17.4 Å². The molecule has 1 aliphatic heterocycles. The minimum absolute atomic E-state index is 0.791. The summed E-state index contributed by atoms with van der Waals surface area (Å²) >= 11 is 3.97. The van der Waals surface area contributed by atoms with E-state index >= 15 is 0 Å². The Balaban J connectivity index is 2.30. The van der Waals surface area contributed by atoms with Gasteiger partial charge in [0.15, 0.2) is 0 Å². The first-order valence-electron chi connectivity index (χ1n) is 4.02. The fraction of sp³-hybridized carbons (Fsp3) is 1.00. The zero-order valence-corrected chi connectivity index (χ0v) is 8.84. The van der Waals surface area contributed by atoms with Gasteiger partial charge in [0.2, 0.25) is 0 Å². The Labute approximate surface area is 77.6 Å². The minimum atomic E-state index is 0.791. The summed E-state index contributed by atoms with van der Waals surface area (Å²) < 4.78 is 6.11. The molecule has 0 aliphatic carbocycles. The summed E-state index contributed by atoms with van der Waals surface area (Å²) in [6, 6.07) is 0. The lowest BCUT2D eigenvalue weighted by molar-refractivity contribution is 0.0709. The molecule has 1 fully saturated rings. The van der Waals surface area contributed by atoms with Crippen LogP contribution in [-0.2, 0) is 4.74 Å². The second-order valence-corrected chi connectivity index (χ2v) is 5.05. The lowest BCUT2D eigenvalue weighted by atomic mass is 10.0. The van der Waals surface area contributed by atoms with Crippen molar-refractivity contribution in [3.63, 3.8) is 0 Å². The molecule has 0 spiro atoms. The average Bonchev–Trinajstić information content (AvgIpc) is 2.09. The highest BCUT2D eigenvalue weighted by Gasteiger charge is 2.21. The smallest absolute Gasteiger partial charge is 0.0526 e. The van der Waals surface area contributed by atoms with Crippen LogP contribution in [0.15, 0.2) is 0 Å². The maximum atomic E-state index is 5.32. The summed E-state index contributed by atoms with van der Waals surface area (Å²) in [4.78, 5) is 0. The zero-order chi connectivity index (χ0) is 8.10. The lowest BCUT2D eigenvalue weighted by Gasteiger charge is -2.27. The van der Waals surface area contributed by atoms with Crippen molar-refractivity contribution in [2.24, 2.45) is 5.92 Å². The van der Waals surface area contributed by atoms with Gasteiger partial charge in [-0.15, -0.1) is 0 Å². The van der Waals surface area contributed by atoms with Gasteiger partial charge < -0.3 is 4.74 Å². The topological polar surface area (TPSA) is 9.23 Å². The molecule has 0 unspecified atom stereocenters. The maximum absolute atomic E-state index is 5.32. The summed E-state index contributed by atoms with van der Waals surface area (Å²) in [6.07, 6.45) is 6.92. The van der Waals surface area contributed by atoms with Crippen molar-refractivity contribution in [3.05, 3.63) is 0 Å². The number of thioether (sulfide) groups is 2. The highest BCUT2D eigenvalue weighted by Crippen LogP contribution is 2.32. The molecule has 0 amide bonds. The van der Waals surface area contributed by atoms with Gasteiger partial charge in [-0.1, -0.05) is 0 Å². The van der Waals surface area contributed by atoms with Gasteiger partial charge in [0.1, 0.15) is 0 Å². The highest BCUT2D eigenvalue weighted by atomic mass is 32.2. The molecule has 0 N–H and O–H groups in total. The predicted molar refractivity (Wildman–Crippen MR) is 54.4 cm³/mol. The first kappa shape index (κ1) is 9.75. The van der Waals surface area contributed by atoms with E-state index in [1.165, 1.54) is 12.8 Å². The molecule has 0 saturated carbocycles. The molecular formula is C8H16OS2. The third-order valence-corrected chi connectivity index (χ3v) is 4.97. The Morgan fingerprint density at radius 3 is 2.18 bits per heavy atom. The van der Waals surface area contributed by atoms with Crippen LogP contribution in [0, 0.1) is 5.92 Å².